The first kappa shape index (κ1) is 18.6. The number of aromatic nitrogens is 2. The van der Waals surface area contributed by atoms with E-state index in [9.17, 15) is 0 Å². The van der Waals surface area contributed by atoms with E-state index in [4.69, 9.17) is 9.47 Å². The molecule has 1 unspecified atom stereocenters. The second-order valence-corrected chi connectivity index (χ2v) is 5.79. The molecule has 6 heteroatoms. The molecule has 0 saturated heterocycles. The lowest BCUT2D eigenvalue weighted by atomic mass is 10.1. The van der Waals surface area contributed by atoms with Gasteiger partial charge in [-0.25, -0.2) is 0 Å². The lowest BCUT2D eigenvalue weighted by Crippen LogP contribution is -2.26. The van der Waals surface area contributed by atoms with Crippen LogP contribution in [-0.2, 0) is 16.0 Å². The van der Waals surface area contributed by atoms with Crippen molar-refractivity contribution < 1.29 is 9.47 Å². The van der Waals surface area contributed by atoms with Crippen LogP contribution in [0.1, 0.15) is 44.8 Å². The summed E-state index contributed by atoms with van der Waals surface area (Å²) in [6.45, 7) is 8.24. The third-order valence-electron chi connectivity index (χ3n) is 3.30. The van der Waals surface area contributed by atoms with Crippen LogP contribution in [0.2, 0.25) is 0 Å². The molecule has 1 atom stereocenters. The van der Waals surface area contributed by atoms with Crippen LogP contribution in [0.4, 0.5) is 0 Å². The Morgan fingerprint density at radius 3 is 2.86 bits per heavy atom. The summed E-state index contributed by atoms with van der Waals surface area (Å²) >= 11 is 3.63. The van der Waals surface area contributed by atoms with E-state index < -0.39 is 0 Å². The predicted molar refractivity (Wildman–Crippen MR) is 88.6 cm³/mol. The third-order valence-corrected chi connectivity index (χ3v) is 3.91. The van der Waals surface area contributed by atoms with Crippen LogP contribution in [0.5, 0.6) is 0 Å². The van der Waals surface area contributed by atoms with Crippen molar-refractivity contribution in [1.82, 2.24) is 15.1 Å². The maximum Gasteiger partial charge on any atom is 0.0696 e. The zero-order valence-corrected chi connectivity index (χ0v) is 15.0. The minimum absolute atomic E-state index is 0.291. The van der Waals surface area contributed by atoms with Crippen LogP contribution in [0.15, 0.2) is 10.7 Å². The van der Waals surface area contributed by atoms with Crippen LogP contribution >= 0.6 is 15.9 Å². The van der Waals surface area contributed by atoms with Crippen LogP contribution in [0.25, 0.3) is 0 Å². The Morgan fingerprint density at radius 1 is 1.38 bits per heavy atom. The molecule has 0 bridgehead atoms. The molecule has 5 nitrogen and oxygen atoms in total. The van der Waals surface area contributed by atoms with Crippen molar-refractivity contribution in [2.75, 3.05) is 33.5 Å². The van der Waals surface area contributed by atoms with Gasteiger partial charge in [-0.2, -0.15) is 5.10 Å². The van der Waals surface area contributed by atoms with Gasteiger partial charge in [0, 0.05) is 20.3 Å². The van der Waals surface area contributed by atoms with Gasteiger partial charge in [0.15, 0.2) is 0 Å². The summed E-state index contributed by atoms with van der Waals surface area (Å²) in [5.74, 6) is 0. The topological polar surface area (TPSA) is 48.3 Å². The summed E-state index contributed by atoms with van der Waals surface area (Å²) in [6, 6.07) is 0.291. The van der Waals surface area contributed by atoms with Crippen LogP contribution in [-0.4, -0.2) is 43.3 Å². The molecule has 1 rings (SSSR count). The number of methoxy groups -OCH3 is 1. The largest absolute Gasteiger partial charge is 0.383 e. The first-order chi connectivity index (χ1) is 10.2. The number of nitrogens with zero attached hydrogens (tertiary/aromatic N) is 2. The van der Waals surface area contributed by atoms with Crippen molar-refractivity contribution in [2.45, 2.75) is 45.7 Å². The molecular weight excluding hydrogens is 334 g/mol. The van der Waals surface area contributed by atoms with Gasteiger partial charge in [0.2, 0.25) is 0 Å². The summed E-state index contributed by atoms with van der Waals surface area (Å²) in [7, 11) is 1.72. The van der Waals surface area contributed by atoms with Gasteiger partial charge in [-0.1, -0.05) is 6.92 Å². The number of rotatable bonds is 12. The summed E-state index contributed by atoms with van der Waals surface area (Å²) in [4.78, 5) is 0. The van der Waals surface area contributed by atoms with E-state index in [0.717, 1.165) is 50.0 Å². The fraction of sp³-hybridized carbons (Fsp3) is 0.800. The van der Waals surface area contributed by atoms with Crippen molar-refractivity contribution in [1.29, 1.82) is 0 Å². The van der Waals surface area contributed by atoms with E-state index in [1.54, 1.807) is 7.11 Å². The Balaban J connectivity index is 2.73. The molecule has 1 aromatic heterocycles. The van der Waals surface area contributed by atoms with E-state index in [-0.39, 0.29) is 0 Å². The molecule has 0 saturated carbocycles. The van der Waals surface area contributed by atoms with Gasteiger partial charge < -0.3 is 14.8 Å². The Labute approximate surface area is 136 Å². The zero-order chi connectivity index (χ0) is 15.5. The minimum Gasteiger partial charge on any atom is -0.383 e. The number of hydrogen-bond donors (Lipinski definition) is 1. The van der Waals surface area contributed by atoms with E-state index >= 15 is 0 Å². The Morgan fingerprint density at radius 2 is 2.19 bits per heavy atom. The zero-order valence-electron chi connectivity index (χ0n) is 13.4. The summed E-state index contributed by atoms with van der Waals surface area (Å²) in [5.41, 5.74) is 1.21. The Hall–Kier alpha value is -0.430. The maximum absolute atomic E-state index is 5.45. The van der Waals surface area contributed by atoms with Gasteiger partial charge in [0.25, 0.3) is 0 Å². The average Bonchev–Trinajstić information content (AvgIpc) is 2.85. The van der Waals surface area contributed by atoms with Gasteiger partial charge >= 0.3 is 0 Å². The SMILES string of the molecule is CCCNC(CCCOCC)c1c(Br)cnn1CCOC. The van der Waals surface area contributed by atoms with E-state index in [0.29, 0.717) is 12.6 Å². The molecule has 1 N–H and O–H groups in total. The predicted octanol–water partition coefficient (Wildman–Crippen LogP) is 3.15. The van der Waals surface area contributed by atoms with Gasteiger partial charge in [0.1, 0.15) is 0 Å². The van der Waals surface area contributed by atoms with Crippen LogP contribution in [0.3, 0.4) is 0 Å². The van der Waals surface area contributed by atoms with Crippen molar-refractivity contribution in [3.63, 3.8) is 0 Å². The standard InChI is InChI=1S/C15H28BrN3O2/c1-4-8-17-14(7-6-10-21-5-2)15-13(16)12-18-19(15)9-11-20-3/h12,14,17H,4-11H2,1-3H3. The van der Waals surface area contributed by atoms with Crippen molar-refractivity contribution in [2.24, 2.45) is 0 Å². The van der Waals surface area contributed by atoms with Crippen molar-refractivity contribution in [3.05, 3.63) is 16.4 Å². The van der Waals surface area contributed by atoms with E-state index in [2.05, 4.69) is 33.3 Å². The molecule has 0 amide bonds. The number of nitrogens with one attached hydrogen (secondary N) is 1. The van der Waals surface area contributed by atoms with Crippen LogP contribution in [0, 0.1) is 0 Å². The summed E-state index contributed by atoms with van der Waals surface area (Å²) in [5, 5.41) is 8.06. The van der Waals surface area contributed by atoms with Crippen molar-refractivity contribution in [3.8, 4) is 0 Å². The van der Waals surface area contributed by atoms with Gasteiger partial charge in [-0.15, -0.1) is 0 Å². The van der Waals surface area contributed by atoms with Gasteiger partial charge in [-0.3, -0.25) is 4.68 Å². The highest BCUT2D eigenvalue weighted by molar-refractivity contribution is 9.10. The van der Waals surface area contributed by atoms with E-state index in [1.807, 2.05) is 17.8 Å². The average molecular weight is 362 g/mol. The molecule has 1 heterocycles. The van der Waals surface area contributed by atoms with Gasteiger partial charge in [0.05, 0.1) is 35.6 Å². The molecule has 1 aromatic rings. The molecule has 0 spiro atoms. The maximum atomic E-state index is 5.45. The number of hydrogen-bond acceptors (Lipinski definition) is 4. The fourth-order valence-electron chi connectivity index (χ4n) is 2.26. The molecule has 0 aliphatic heterocycles. The molecule has 0 aliphatic carbocycles. The Bertz CT molecular complexity index is 385. The molecule has 0 fully saturated rings. The second-order valence-electron chi connectivity index (χ2n) is 4.94. The highest BCUT2D eigenvalue weighted by atomic mass is 79.9. The molecule has 122 valence electrons. The Kier molecular flexibility index (Phi) is 9.91. The highest BCUT2D eigenvalue weighted by Crippen LogP contribution is 2.26. The minimum atomic E-state index is 0.291. The summed E-state index contributed by atoms with van der Waals surface area (Å²) < 4.78 is 13.7. The number of halogens is 1. The molecule has 0 aliphatic rings. The third kappa shape index (κ3) is 6.46. The molecule has 21 heavy (non-hydrogen) atoms. The molecular formula is C15H28BrN3O2. The first-order valence-corrected chi connectivity index (χ1v) is 8.55. The highest BCUT2D eigenvalue weighted by Gasteiger charge is 2.19. The lowest BCUT2D eigenvalue weighted by Gasteiger charge is -2.21. The van der Waals surface area contributed by atoms with Crippen molar-refractivity contribution >= 4 is 15.9 Å². The van der Waals surface area contributed by atoms with E-state index in [1.165, 1.54) is 5.69 Å². The smallest absolute Gasteiger partial charge is 0.0696 e. The van der Waals surface area contributed by atoms with Crippen LogP contribution < -0.4 is 5.32 Å². The van der Waals surface area contributed by atoms with Gasteiger partial charge in [-0.05, 0) is 48.7 Å². The first-order valence-electron chi connectivity index (χ1n) is 7.75. The summed E-state index contributed by atoms with van der Waals surface area (Å²) in [6.07, 6.45) is 5.06. The number of ether oxygens (including phenoxy) is 2. The normalized spacial score (nSPS) is 12.8. The molecule has 0 aromatic carbocycles. The quantitative estimate of drug-likeness (QED) is 0.581. The lowest BCUT2D eigenvalue weighted by molar-refractivity contribution is 0.140. The fourth-order valence-corrected chi connectivity index (χ4v) is 2.83. The monoisotopic (exact) mass is 361 g/mol. The molecule has 0 radical (unpaired) electrons. The second kappa shape index (κ2) is 11.2.